The number of fused-ring (bicyclic) bond motifs is 1. The van der Waals surface area contributed by atoms with Crippen LogP contribution in [0.1, 0.15) is 11.1 Å². The summed E-state index contributed by atoms with van der Waals surface area (Å²) in [4.78, 5) is 5.01. The Labute approximate surface area is 222 Å². The zero-order chi connectivity index (χ0) is 25.3. The van der Waals surface area contributed by atoms with E-state index in [2.05, 4.69) is 25.8 Å². The average molecular weight is 584 g/mol. The second kappa shape index (κ2) is 10.0. The molecule has 0 unspecified atom stereocenters. The molecule has 36 heavy (non-hydrogen) atoms. The van der Waals surface area contributed by atoms with E-state index in [-0.39, 0.29) is 4.90 Å². The summed E-state index contributed by atoms with van der Waals surface area (Å²) in [6.07, 6.45) is 4.26. The van der Waals surface area contributed by atoms with E-state index in [9.17, 15) is 8.42 Å². The van der Waals surface area contributed by atoms with E-state index in [1.807, 2.05) is 59.4 Å². The maximum atomic E-state index is 12.9. The lowest BCUT2D eigenvalue weighted by molar-refractivity contribution is -0.768. The Kier molecular flexibility index (Phi) is 6.79. The first-order valence-corrected chi connectivity index (χ1v) is 13.8. The minimum Gasteiger partial charge on any atom is -0.280 e. The van der Waals surface area contributed by atoms with Gasteiger partial charge in [0.05, 0.1) is 9.92 Å². The van der Waals surface area contributed by atoms with Crippen molar-refractivity contribution >= 4 is 48.9 Å². The first kappa shape index (κ1) is 24.4. The molecule has 7 nitrogen and oxygen atoms in total. The topological polar surface area (TPSA) is 80.2 Å². The van der Waals surface area contributed by atoms with Crippen LogP contribution < -0.4 is 9.40 Å². The van der Waals surface area contributed by atoms with E-state index >= 15 is 0 Å². The first-order valence-electron chi connectivity index (χ1n) is 11.2. The number of aryl methyl sites for hydroxylation is 3. The van der Waals surface area contributed by atoms with E-state index in [0.717, 1.165) is 21.3 Å². The fraction of sp³-hybridized carbons (Fsp3) is 0.115. The molecule has 0 aliphatic carbocycles. The lowest BCUT2D eigenvalue weighted by Gasteiger charge is -2.11. The molecule has 182 valence electrons. The van der Waals surface area contributed by atoms with Crippen LogP contribution in [0.15, 0.2) is 94.6 Å². The van der Waals surface area contributed by atoms with Crippen molar-refractivity contribution in [3.05, 3.63) is 106 Å². The van der Waals surface area contributed by atoms with Crippen LogP contribution in [0.3, 0.4) is 0 Å². The largest absolute Gasteiger partial charge is 0.280 e. The number of halogens is 2. The van der Waals surface area contributed by atoms with Crippen molar-refractivity contribution in [3.63, 3.8) is 0 Å². The number of aromatic nitrogens is 4. The molecule has 0 fully saturated rings. The van der Waals surface area contributed by atoms with Crippen molar-refractivity contribution in [1.82, 2.24) is 14.7 Å². The number of rotatable bonds is 7. The number of nitrogens with one attached hydrogen (secondary N) is 1. The Hall–Kier alpha value is -3.27. The molecule has 0 amide bonds. The van der Waals surface area contributed by atoms with Crippen molar-refractivity contribution in [2.45, 2.75) is 24.8 Å². The first-order chi connectivity index (χ1) is 17.3. The molecule has 5 rings (SSSR count). The van der Waals surface area contributed by atoms with Gasteiger partial charge < -0.3 is 0 Å². The molecule has 5 aromatic rings. The van der Waals surface area contributed by atoms with Crippen LogP contribution in [0.2, 0.25) is 5.02 Å². The molecule has 10 heteroatoms. The molecular formula is C26H22BrClN5O2S+. The molecule has 0 saturated heterocycles. The fourth-order valence-corrected chi connectivity index (χ4v) is 5.87. The predicted molar refractivity (Wildman–Crippen MR) is 143 cm³/mol. The van der Waals surface area contributed by atoms with Crippen molar-refractivity contribution < 1.29 is 13.1 Å². The zero-order valence-electron chi connectivity index (χ0n) is 19.3. The summed E-state index contributed by atoms with van der Waals surface area (Å²) in [5.41, 5.74) is 4.42. The number of sulfonamides is 1. The molecule has 0 saturated carbocycles. The third kappa shape index (κ3) is 5.00. The number of hydrogen-bond donors (Lipinski definition) is 1. The minimum absolute atomic E-state index is 0.265. The minimum atomic E-state index is -3.69. The van der Waals surface area contributed by atoms with Gasteiger partial charge in [0.25, 0.3) is 10.0 Å². The van der Waals surface area contributed by atoms with E-state index in [0.29, 0.717) is 34.9 Å². The Bertz CT molecular complexity index is 1690. The van der Waals surface area contributed by atoms with Gasteiger partial charge in [-0.25, -0.2) is 13.4 Å². The molecule has 0 radical (unpaired) electrons. The third-order valence-corrected chi connectivity index (χ3v) is 8.20. The quantitative estimate of drug-likeness (QED) is 0.258. The Morgan fingerprint density at radius 2 is 1.83 bits per heavy atom. The lowest BCUT2D eigenvalue weighted by Crippen LogP contribution is -2.44. The zero-order valence-corrected chi connectivity index (χ0v) is 22.4. The van der Waals surface area contributed by atoms with Gasteiger partial charge in [0, 0.05) is 27.4 Å². The summed E-state index contributed by atoms with van der Waals surface area (Å²) in [5.74, 6) is 0. The molecular weight excluding hydrogens is 562 g/mol. The SMILES string of the molecule is Cc1ccccc1S(=O)(=O)Nc1cccc(CC[n+]2cc(-c3ccccc3Cl)nc3c(Br)cnn32)c1. The van der Waals surface area contributed by atoms with Crippen LogP contribution in [0, 0.1) is 6.92 Å². The molecule has 1 N–H and O–H groups in total. The summed E-state index contributed by atoms with van der Waals surface area (Å²) < 4.78 is 33.0. The van der Waals surface area contributed by atoms with Gasteiger partial charge in [0.15, 0.2) is 6.20 Å². The number of benzene rings is 3. The molecule has 0 aliphatic heterocycles. The Morgan fingerprint density at radius 3 is 2.64 bits per heavy atom. The highest BCUT2D eigenvalue weighted by Crippen LogP contribution is 2.26. The number of nitrogens with zero attached hydrogens (tertiary/aromatic N) is 4. The molecule has 2 aromatic heterocycles. The smallest absolute Gasteiger partial charge is 0.262 e. The lowest BCUT2D eigenvalue weighted by atomic mass is 10.1. The molecule has 2 heterocycles. The van der Waals surface area contributed by atoms with Crippen molar-refractivity contribution in [3.8, 4) is 11.3 Å². The van der Waals surface area contributed by atoms with Crippen molar-refractivity contribution in [1.29, 1.82) is 0 Å². The van der Waals surface area contributed by atoms with E-state index in [4.69, 9.17) is 16.6 Å². The molecule has 0 spiro atoms. The van der Waals surface area contributed by atoms with Gasteiger partial charge in [0.2, 0.25) is 5.65 Å². The van der Waals surface area contributed by atoms with Gasteiger partial charge in [0.1, 0.15) is 22.9 Å². The van der Waals surface area contributed by atoms with Gasteiger partial charge in [-0.2, -0.15) is 4.68 Å². The summed E-state index contributed by atoms with van der Waals surface area (Å²) >= 11 is 9.96. The van der Waals surface area contributed by atoms with Crippen LogP contribution in [0.25, 0.3) is 16.9 Å². The summed E-state index contributed by atoms with van der Waals surface area (Å²) in [5, 5.41) is 5.06. The highest BCUT2D eigenvalue weighted by atomic mass is 79.9. The van der Waals surface area contributed by atoms with Gasteiger partial charge in [-0.3, -0.25) is 4.72 Å². The van der Waals surface area contributed by atoms with Gasteiger partial charge >= 0.3 is 0 Å². The van der Waals surface area contributed by atoms with E-state index in [1.54, 1.807) is 42.0 Å². The summed E-state index contributed by atoms with van der Waals surface area (Å²) in [6, 6.07) is 21.9. The third-order valence-electron chi connectivity index (χ3n) is 5.77. The van der Waals surface area contributed by atoms with Gasteiger partial charge in [-0.05, 0) is 58.2 Å². The number of anilines is 1. The second-order valence-electron chi connectivity index (χ2n) is 8.30. The standard InChI is InChI=1S/C26H22BrClN5O2S/c1-18-7-2-5-12-25(18)36(34,35)31-20-9-6-8-19(15-20)13-14-32-17-24(21-10-3-4-11-23(21)28)30-26-22(27)16-29-33(26)32/h2-12,15-17,31H,13-14H2,1H3/q+1. The van der Waals surface area contributed by atoms with Crippen LogP contribution in [0.4, 0.5) is 5.69 Å². The molecule has 3 aromatic carbocycles. The van der Waals surface area contributed by atoms with Crippen molar-refractivity contribution in [2.75, 3.05) is 4.72 Å². The van der Waals surface area contributed by atoms with Crippen molar-refractivity contribution in [2.24, 2.45) is 0 Å². The summed E-state index contributed by atoms with van der Waals surface area (Å²) in [6.45, 7) is 2.36. The van der Waals surface area contributed by atoms with Crippen LogP contribution in [0.5, 0.6) is 0 Å². The predicted octanol–water partition coefficient (Wildman–Crippen LogP) is 5.45. The average Bonchev–Trinajstić information content (AvgIpc) is 3.23. The number of hydrogen-bond acceptors (Lipinski definition) is 4. The van der Waals surface area contributed by atoms with Crippen LogP contribution in [-0.2, 0) is 23.0 Å². The molecule has 0 aliphatic rings. The van der Waals surface area contributed by atoms with Crippen LogP contribution in [-0.4, -0.2) is 23.1 Å². The van der Waals surface area contributed by atoms with E-state index < -0.39 is 10.0 Å². The highest BCUT2D eigenvalue weighted by Gasteiger charge is 2.19. The van der Waals surface area contributed by atoms with E-state index in [1.165, 1.54) is 0 Å². The fourth-order valence-electron chi connectivity index (χ4n) is 4.00. The molecule has 0 bridgehead atoms. The maximum Gasteiger partial charge on any atom is 0.262 e. The highest BCUT2D eigenvalue weighted by molar-refractivity contribution is 9.10. The second-order valence-corrected chi connectivity index (χ2v) is 11.2. The Balaban J connectivity index is 1.42. The normalized spacial score (nSPS) is 11.6. The van der Waals surface area contributed by atoms with Crippen LogP contribution >= 0.6 is 27.5 Å². The summed E-state index contributed by atoms with van der Waals surface area (Å²) in [7, 11) is -3.69. The molecule has 0 atom stereocenters. The van der Waals surface area contributed by atoms with Gasteiger partial charge in [-0.15, -0.1) is 0 Å². The Morgan fingerprint density at radius 1 is 1.06 bits per heavy atom. The monoisotopic (exact) mass is 582 g/mol. The van der Waals surface area contributed by atoms with Gasteiger partial charge in [-0.1, -0.05) is 60.1 Å². The maximum absolute atomic E-state index is 12.9.